The molecule has 0 unspecified atom stereocenters. The molecular formula is C13H16N2O3S. The predicted molar refractivity (Wildman–Crippen MR) is 72.5 cm³/mol. The van der Waals surface area contributed by atoms with Gasteiger partial charge >= 0.3 is 0 Å². The van der Waals surface area contributed by atoms with Crippen LogP contribution in [-0.4, -0.2) is 39.0 Å². The number of ether oxygens (including phenoxy) is 1. The molecule has 0 radical (unpaired) electrons. The number of hydrogen-bond acceptors (Lipinski definition) is 4. The van der Waals surface area contributed by atoms with Gasteiger partial charge < -0.3 is 10.1 Å². The van der Waals surface area contributed by atoms with E-state index in [0.717, 1.165) is 16.9 Å². The van der Waals surface area contributed by atoms with Gasteiger partial charge in [-0.25, -0.2) is 8.42 Å². The Morgan fingerprint density at radius 1 is 1.26 bits per heavy atom. The molecule has 2 aliphatic rings. The summed E-state index contributed by atoms with van der Waals surface area (Å²) in [7, 11) is -3.41. The van der Waals surface area contributed by atoms with Crippen LogP contribution in [-0.2, 0) is 21.2 Å². The molecule has 1 aromatic rings. The summed E-state index contributed by atoms with van der Waals surface area (Å²) in [6, 6.07) is 5.20. The van der Waals surface area contributed by atoms with Crippen molar-refractivity contribution in [2.45, 2.75) is 11.3 Å². The summed E-state index contributed by atoms with van der Waals surface area (Å²) >= 11 is 0. The highest BCUT2D eigenvalue weighted by Gasteiger charge is 2.27. The number of fused-ring (bicyclic) bond motifs is 1. The van der Waals surface area contributed by atoms with Crippen LogP contribution in [0.3, 0.4) is 0 Å². The average molecular weight is 280 g/mol. The molecule has 102 valence electrons. The van der Waals surface area contributed by atoms with Crippen LogP contribution >= 0.6 is 0 Å². The minimum absolute atomic E-state index is 0.352. The maximum atomic E-state index is 12.5. The van der Waals surface area contributed by atoms with Crippen molar-refractivity contribution in [1.29, 1.82) is 0 Å². The predicted octanol–water partition coefficient (Wildman–Crippen LogP) is 1.19. The second kappa shape index (κ2) is 4.63. The standard InChI is InChI=1S/C13H16N2O3S/c1-10-8-11-9-12(2-3-13(11)14-10)19(16,17)15-4-6-18-7-5-15/h2-3,9,14H,1,4-8H2. The van der Waals surface area contributed by atoms with E-state index >= 15 is 0 Å². The summed E-state index contributed by atoms with van der Waals surface area (Å²) in [6.45, 7) is 5.63. The van der Waals surface area contributed by atoms with Crippen LogP contribution in [0, 0.1) is 0 Å². The van der Waals surface area contributed by atoms with Crippen LogP contribution in [0.25, 0.3) is 0 Å². The van der Waals surface area contributed by atoms with E-state index in [1.54, 1.807) is 18.2 Å². The molecule has 5 nitrogen and oxygen atoms in total. The number of anilines is 1. The molecule has 0 aliphatic carbocycles. The Morgan fingerprint density at radius 2 is 2.00 bits per heavy atom. The zero-order valence-corrected chi connectivity index (χ0v) is 11.4. The number of sulfonamides is 1. The molecule has 0 amide bonds. The van der Waals surface area contributed by atoms with Crippen LogP contribution < -0.4 is 5.32 Å². The first kappa shape index (κ1) is 12.7. The Hall–Kier alpha value is -1.37. The fraction of sp³-hybridized carbons (Fsp3) is 0.385. The Labute approximate surface area is 112 Å². The van der Waals surface area contributed by atoms with E-state index in [1.165, 1.54) is 4.31 Å². The van der Waals surface area contributed by atoms with Crippen molar-refractivity contribution in [3.05, 3.63) is 36.0 Å². The van der Waals surface area contributed by atoms with Crippen LogP contribution in [0.1, 0.15) is 5.56 Å². The average Bonchev–Trinajstić information content (AvgIpc) is 2.78. The molecule has 1 N–H and O–H groups in total. The summed E-state index contributed by atoms with van der Waals surface area (Å²) in [5, 5.41) is 3.13. The second-order valence-corrected chi connectivity index (χ2v) is 6.68. The van der Waals surface area contributed by atoms with E-state index in [-0.39, 0.29) is 0 Å². The Bertz CT molecular complexity index is 619. The lowest BCUT2D eigenvalue weighted by Crippen LogP contribution is -2.40. The molecule has 1 aromatic carbocycles. The number of rotatable bonds is 2. The van der Waals surface area contributed by atoms with Crippen molar-refractivity contribution in [2.24, 2.45) is 0 Å². The minimum Gasteiger partial charge on any atom is -0.379 e. The molecule has 6 heteroatoms. The van der Waals surface area contributed by atoms with E-state index in [4.69, 9.17) is 4.74 Å². The summed E-state index contributed by atoms with van der Waals surface area (Å²) in [5.41, 5.74) is 2.83. The third-order valence-corrected chi connectivity index (χ3v) is 5.29. The maximum Gasteiger partial charge on any atom is 0.243 e. The molecule has 0 atom stereocenters. The molecule has 0 aromatic heterocycles. The number of allylic oxidation sites excluding steroid dienone is 1. The highest BCUT2D eigenvalue weighted by Crippen LogP contribution is 2.30. The van der Waals surface area contributed by atoms with E-state index in [0.29, 0.717) is 37.6 Å². The van der Waals surface area contributed by atoms with Gasteiger partial charge in [0.05, 0.1) is 18.1 Å². The van der Waals surface area contributed by atoms with Crippen molar-refractivity contribution in [2.75, 3.05) is 31.6 Å². The third kappa shape index (κ3) is 2.27. The first-order valence-electron chi connectivity index (χ1n) is 6.23. The Balaban J connectivity index is 1.93. The minimum atomic E-state index is -3.41. The molecule has 0 bridgehead atoms. The van der Waals surface area contributed by atoms with Crippen LogP contribution in [0.2, 0.25) is 0 Å². The smallest absolute Gasteiger partial charge is 0.243 e. The van der Waals surface area contributed by atoms with Gasteiger partial charge in [-0.1, -0.05) is 6.58 Å². The number of nitrogens with zero attached hydrogens (tertiary/aromatic N) is 1. The topological polar surface area (TPSA) is 58.6 Å². The lowest BCUT2D eigenvalue weighted by atomic mass is 10.1. The zero-order chi connectivity index (χ0) is 13.5. The van der Waals surface area contributed by atoms with Gasteiger partial charge in [-0.15, -0.1) is 0 Å². The molecule has 2 aliphatic heterocycles. The lowest BCUT2D eigenvalue weighted by molar-refractivity contribution is 0.0730. The number of nitrogens with one attached hydrogen (secondary N) is 1. The normalized spacial score (nSPS) is 20.1. The summed E-state index contributed by atoms with van der Waals surface area (Å²) in [4.78, 5) is 0.352. The molecule has 1 fully saturated rings. The molecule has 3 rings (SSSR count). The van der Waals surface area contributed by atoms with Gasteiger partial charge in [0, 0.05) is 30.9 Å². The monoisotopic (exact) mass is 280 g/mol. The van der Waals surface area contributed by atoms with Gasteiger partial charge in [0.15, 0.2) is 0 Å². The van der Waals surface area contributed by atoms with Crippen LogP contribution in [0.15, 0.2) is 35.4 Å². The second-order valence-electron chi connectivity index (χ2n) is 4.74. The van der Waals surface area contributed by atoms with Gasteiger partial charge in [-0.05, 0) is 23.8 Å². The molecule has 2 heterocycles. The molecule has 0 spiro atoms. The highest BCUT2D eigenvalue weighted by atomic mass is 32.2. The number of benzene rings is 1. The van der Waals surface area contributed by atoms with Gasteiger partial charge in [0.1, 0.15) is 0 Å². The van der Waals surface area contributed by atoms with Gasteiger partial charge in [-0.2, -0.15) is 4.31 Å². The zero-order valence-electron chi connectivity index (χ0n) is 10.6. The highest BCUT2D eigenvalue weighted by molar-refractivity contribution is 7.89. The van der Waals surface area contributed by atoms with E-state index in [9.17, 15) is 8.42 Å². The largest absolute Gasteiger partial charge is 0.379 e. The number of morpholine rings is 1. The third-order valence-electron chi connectivity index (χ3n) is 3.40. The Morgan fingerprint density at radius 3 is 2.74 bits per heavy atom. The van der Waals surface area contributed by atoms with Crippen LogP contribution in [0.5, 0.6) is 0 Å². The lowest BCUT2D eigenvalue weighted by Gasteiger charge is -2.26. The Kier molecular flexibility index (Phi) is 3.08. The summed E-state index contributed by atoms with van der Waals surface area (Å²) in [6.07, 6.45) is 0.682. The van der Waals surface area contributed by atoms with Gasteiger partial charge in [0.25, 0.3) is 0 Å². The maximum absolute atomic E-state index is 12.5. The van der Waals surface area contributed by atoms with Crippen molar-refractivity contribution in [3.63, 3.8) is 0 Å². The molecule has 0 saturated carbocycles. The van der Waals surface area contributed by atoms with Gasteiger partial charge in [-0.3, -0.25) is 0 Å². The summed E-state index contributed by atoms with van der Waals surface area (Å²) < 4.78 is 31.7. The van der Waals surface area contributed by atoms with E-state index in [1.807, 2.05) is 0 Å². The molecule has 1 saturated heterocycles. The van der Waals surface area contributed by atoms with Crippen molar-refractivity contribution in [3.8, 4) is 0 Å². The first-order chi connectivity index (χ1) is 9.07. The fourth-order valence-electron chi connectivity index (χ4n) is 2.40. The molecular weight excluding hydrogens is 264 g/mol. The van der Waals surface area contributed by atoms with Crippen molar-refractivity contribution in [1.82, 2.24) is 4.31 Å². The quantitative estimate of drug-likeness (QED) is 0.884. The van der Waals surface area contributed by atoms with Crippen LogP contribution in [0.4, 0.5) is 5.69 Å². The fourth-order valence-corrected chi connectivity index (χ4v) is 3.86. The number of hydrogen-bond donors (Lipinski definition) is 1. The van der Waals surface area contributed by atoms with E-state index in [2.05, 4.69) is 11.9 Å². The van der Waals surface area contributed by atoms with E-state index < -0.39 is 10.0 Å². The molecule has 19 heavy (non-hydrogen) atoms. The SMILES string of the molecule is C=C1Cc2cc(S(=O)(=O)N3CCOCC3)ccc2N1. The van der Waals surface area contributed by atoms with Crippen molar-refractivity contribution < 1.29 is 13.2 Å². The van der Waals surface area contributed by atoms with Gasteiger partial charge in [0.2, 0.25) is 10.0 Å². The van der Waals surface area contributed by atoms with Crippen molar-refractivity contribution >= 4 is 15.7 Å². The first-order valence-corrected chi connectivity index (χ1v) is 7.67. The summed E-state index contributed by atoms with van der Waals surface area (Å²) in [5.74, 6) is 0.